The summed E-state index contributed by atoms with van der Waals surface area (Å²) in [7, 11) is 0. The van der Waals surface area contributed by atoms with Gasteiger partial charge in [-0.15, -0.1) is 0 Å². The first-order valence-electron chi connectivity index (χ1n) is 11.5. The van der Waals surface area contributed by atoms with Gasteiger partial charge in [-0.25, -0.2) is 4.79 Å². The highest BCUT2D eigenvalue weighted by Crippen LogP contribution is 2.25. The van der Waals surface area contributed by atoms with E-state index in [-0.39, 0.29) is 12.5 Å². The quantitative estimate of drug-likeness (QED) is 0.520. The van der Waals surface area contributed by atoms with E-state index < -0.39 is 41.8 Å². The molecule has 0 fully saturated rings. The molecule has 8 heteroatoms. The first kappa shape index (κ1) is 28.4. The molecule has 8 nitrogen and oxygen atoms in total. The minimum Gasteiger partial charge on any atom is -0.444 e. The molecular weight excluding hydrogens is 422 g/mol. The van der Waals surface area contributed by atoms with E-state index in [0.29, 0.717) is 12.0 Å². The van der Waals surface area contributed by atoms with Gasteiger partial charge in [0.05, 0.1) is 6.61 Å². The highest BCUT2D eigenvalue weighted by molar-refractivity contribution is 5.92. The number of benzene rings is 1. The fourth-order valence-electron chi connectivity index (χ4n) is 3.28. The smallest absolute Gasteiger partial charge is 0.408 e. The summed E-state index contributed by atoms with van der Waals surface area (Å²) in [6.45, 7) is 14.3. The monoisotopic (exact) mass is 463 g/mol. The average molecular weight is 464 g/mol. The summed E-state index contributed by atoms with van der Waals surface area (Å²) in [4.78, 5) is 40.7. The van der Waals surface area contributed by atoms with Crippen LogP contribution in [-0.4, -0.2) is 58.2 Å². The summed E-state index contributed by atoms with van der Waals surface area (Å²) >= 11 is 0. The summed E-state index contributed by atoms with van der Waals surface area (Å²) in [5, 5.41) is 15.3. The lowest BCUT2D eigenvalue weighted by Gasteiger charge is -2.35. The highest BCUT2D eigenvalue weighted by atomic mass is 16.6. The zero-order valence-electron chi connectivity index (χ0n) is 21.3. The van der Waals surface area contributed by atoms with Crippen molar-refractivity contribution in [1.29, 1.82) is 0 Å². The Kier molecular flexibility index (Phi) is 10.4. The molecule has 1 rings (SSSR count). The number of carbonyl (C=O) groups excluding carboxylic acids is 3. The predicted molar refractivity (Wildman–Crippen MR) is 129 cm³/mol. The van der Waals surface area contributed by atoms with E-state index in [1.807, 2.05) is 52.8 Å². The maximum atomic E-state index is 13.6. The maximum absolute atomic E-state index is 13.6. The van der Waals surface area contributed by atoms with Crippen LogP contribution in [0.1, 0.15) is 78.5 Å². The second kappa shape index (κ2) is 12.0. The maximum Gasteiger partial charge on any atom is 0.408 e. The van der Waals surface area contributed by atoms with Crippen molar-refractivity contribution in [3.8, 4) is 0 Å². The summed E-state index contributed by atoms with van der Waals surface area (Å²) in [5.74, 6) is -0.876. The Bertz CT molecular complexity index is 811. The molecule has 3 N–H and O–H groups in total. The number of aliphatic hydroxyl groups is 1. The molecule has 2 atom stereocenters. The van der Waals surface area contributed by atoms with Crippen molar-refractivity contribution in [1.82, 2.24) is 15.5 Å². The van der Waals surface area contributed by atoms with Gasteiger partial charge in [0.15, 0.2) is 0 Å². The number of aliphatic hydroxyl groups excluding tert-OH is 1. The first-order chi connectivity index (χ1) is 15.2. The minimum absolute atomic E-state index is 0.290. The minimum atomic E-state index is -1.24. The van der Waals surface area contributed by atoms with E-state index >= 15 is 0 Å². The number of hydrogen-bond acceptors (Lipinski definition) is 5. The third kappa shape index (κ3) is 9.82. The molecule has 0 aliphatic carbocycles. The average Bonchev–Trinajstić information content (AvgIpc) is 2.65. The number of rotatable bonds is 9. The number of aryl methyl sites for hydroxylation is 1. The van der Waals surface area contributed by atoms with E-state index in [9.17, 15) is 19.5 Å². The lowest BCUT2D eigenvalue weighted by Crippen LogP contribution is -2.55. The SMILES string of the molecule is CCCCN(C(=O)C(CO)NC(=O)OC(C)(C)C)C(C(=O)NC(C)(C)C)c1cccc(C)c1. The molecule has 0 bridgehead atoms. The zero-order valence-corrected chi connectivity index (χ0v) is 21.3. The number of alkyl carbamates (subject to hydrolysis) is 1. The van der Waals surface area contributed by atoms with Gasteiger partial charge in [-0.2, -0.15) is 0 Å². The van der Waals surface area contributed by atoms with Crippen molar-refractivity contribution >= 4 is 17.9 Å². The molecule has 0 saturated heterocycles. The van der Waals surface area contributed by atoms with Crippen molar-refractivity contribution in [2.45, 2.75) is 91.5 Å². The van der Waals surface area contributed by atoms with Gasteiger partial charge in [0.1, 0.15) is 17.7 Å². The summed E-state index contributed by atoms with van der Waals surface area (Å²) < 4.78 is 5.24. The molecule has 33 heavy (non-hydrogen) atoms. The van der Waals surface area contributed by atoms with Gasteiger partial charge in [-0.3, -0.25) is 9.59 Å². The van der Waals surface area contributed by atoms with Gasteiger partial charge in [0.25, 0.3) is 0 Å². The van der Waals surface area contributed by atoms with E-state index in [1.54, 1.807) is 26.8 Å². The van der Waals surface area contributed by atoms with Crippen LogP contribution in [0, 0.1) is 6.92 Å². The van der Waals surface area contributed by atoms with E-state index in [2.05, 4.69) is 10.6 Å². The van der Waals surface area contributed by atoms with Crippen LogP contribution >= 0.6 is 0 Å². The highest BCUT2D eigenvalue weighted by Gasteiger charge is 2.36. The van der Waals surface area contributed by atoms with Gasteiger partial charge in [0, 0.05) is 12.1 Å². The number of amides is 3. The van der Waals surface area contributed by atoms with Crippen molar-refractivity contribution in [2.75, 3.05) is 13.2 Å². The molecule has 0 heterocycles. The molecule has 0 saturated carbocycles. The summed E-state index contributed by atoms with van der Waals surface area (Å²) in [6.07, 6.45) is 0.646. The third-order valence-electron chi connectivity index (χ3n) is 4.62. The Hall–Kier alpha value is -2.61. The Morgan fingerprint density at radius 2 is 1.76 bits per heavy atom. The molecule has 0 aliphatic heterocycles. The standard InChI is InChI=1S/C25H41N3O5/c1-9-10-14-28(22(31)19(16-29)26-23(32)33-25(6,7)8)20(21(30)27-24(3,4)5)18-13-11-12-17(2)15-18/h11-13,15,19-20,29H,9-10,14,16H2,1-8H3,(H,26,32)(H,27,30). The van der Waals surface area contributed by atoms with Crippen LogP contribution in [0.4, 0.5) is 4.79 Å². The molecule has 0 radical (unpaired) electrons. The Morgan fingerprint density at radius 3 is 2.24 bits per heavy atom. The molecule has 0 aliphatic rings. The van der Waals surface area contributed by atoms with Crippen LogP contribution in [0.5, 0.6) is 0 Å². The van der Waals surface area contributed by atoms with Gasteiger partial charge in [0.2, 0.25) is 11.8 Å². The Balaban J connectivity index is 3.39. The van der Waals surface area contributed by atoms with Crippen molar-refractivity contribution in [3.05, 3.63) is 35.4 Å². The predicted octanol–water partition coefficient (Wildman–Crippen LogP) is 3.47. The largest absolute Gasteiger partial charge is 0.444 e. The molecule has 0 spiro atoms. The molecule has 1 aromatic rings. The number of nitrogens with one attached hydrogen (secondary N) is 2. The van der Waals surface area contributed by atoms with Crippen LogP contribution in [-0.2, 0) is 14.3 Å². The Labute approximate surface area is 198 Å². The van der Waals surface area contributed by atoms with Gasteiger partial charge in [-0.1, -0.05) is 43.2 Å². The first-order valence-corrected chi connectivity index (χ1v) is 11.5. The zero-order chi connectivity index (χ0) is 25.4. The molecule has 3 amide bonds. The molecule has 2 unspecified atom stereocenters. The van der Waals surface area contributed by atoms with Gasteiger partial charge in [-0.05, 0) is 60.5 Å². The van der Waals surface area contributed by atoms with E-state index in [0.717, 1.165) is 12.0 Å². The van der Waals surface area contributed by atoms with Crippen LogP contribution in [0.15, 0.2) is 24.3 Å². The number of nitrogens with zero attached hydrogens (tertiary/aromatic N) is 1. The fraction of sp³-hybridized carbons (Fsp3) is 0.640. The second-order valence-corrected chi connectivity index (χ2v) is 10.3. The van der Waals surface area contributed by atoms with Crippen LogP contribution in [0.25, 0.3) is 0 Å². The van der Waals surface area contributed by atoms with Crippen LogP contribution in [0.3, 0.4) is 0 Å². The van der Waals surface area contributed by atoms with Crippen LogP contribution in [0.2, 0.25) is 0 Å². The molecule has 0 aromatic heterocycles. The second-order valence-electron chi connectivity index (χ2n) is 10.3. The van der Waals surface area contributed by atoms with E-state index in [4.69, 9.17) is 4.74 Å². The third-order valence-corrected chi connectivity index (χ3v) is 4.62. The Morgan fingerprint density at radius 1 is 1.12 bits per heavy atom. The van der Waals surface area contributed by atoms with Crippen molar-refractivity contribution in [3.63, 3.8) is 0 Å². The molecule has 186 valence electrons. The lowest BCUT2D eigenvalue weighted by atomic mass is 9.99. The molecular formula is C25H41N3O5. The fourth-order valence-corrected chi connectivity index (χ4v) is 3.28. The number of ether oxygens (including phenoxy) is 1. The van der Waals surface area contributed by atoms with Gasteiger partial charge < -0.3 is 25.4 Å². The lowest BCUT2D eigenvalue weighted by molar-refractivity contribution is -0.143. The van der Waals surface area contributed by atoms with E-state index in [1.165, 1.54) is 4.90 Å². The number of hydrogen-bond donors (Lipinski definition) is 3. The van der Waals surface area contributed by atoms with Crippen LogP contribution < -0.4 is 10.6 Å². The summed E-state index contributed by atoms with van der Waals surface area (Å²) in [5.41, 5.74) is 0.347. The van der Waals surface area contributed by atoms with Crippen molar-refractivity contribution in [2.24, 2.45) is 0 Å². The molecule has 1 aromatic carbocycles. The topological polar surface area (TPSA) is 108 Å². The van der Waals surface area contributed by atoms with Crippen molar-refractivity contribution < 1.29 is 24.2 Å². The van der Waals surface area contributed by atoms with Gasteiger partial charge >= 0.3 is 6.09 Å². The number of unbranched alkanes of at least 4 members (excludes halogenated alkanes) is 1. The number of carbonyl (C=O) groups is 3. The normalized spacial score (nSPS) is 13.6. The summed E-state index contributed by atoms with van der Waals surface area (Å²) in [6, 6.07) is 5.27.